The summed E-state index contributed by atoms with van der Waals surface area (Å²) in [6.07, 6.45) is 7.00. The molecule has 0 aromatic carbocycles. The van der Waals surface area contributed by atoms with Gasteiger partial charge in [-0.3, -0.25) is 5.32 Å². The molecular weight excluding hydrogens is 248 g/mol. The molecule has 1 saturated carbocycles. The summed E-state index contributed by atoms with van der Waals surface area (Å²) in [5.41, 5.74) is -0.268. The largest absolute Gasteiger partial charge is 0.306 e. The van der Waals surface area contributed by atoms with E-state index in [1.54, 1.807) is 0 Å². The second-order valence-corrected chi connectivity index (χ2v) is 6.71. The molecular formula is C16H30N4. The maximum atomic E-state index is 9.57. The molecule has 0 aromatic rings. The van der Waals surface area contributed by atoms with Gasteiger partial charge in [-0.1, -0.05) is 6.92 Å². The number of piperidine rings is 1. The molecule has 0 bridgehead atoms. The SMILES string of the molecule is CCNC1(C#N)CCCC(N2CCC(N(C)C)CC2)C1. The van der Waals surface area contributed by atoms with Crippen LogP contribution in [-0.4, -0.2) is 61.2 Å². The Morgan fingerprint density at radius 2 is 2.00 bits per heavy atom. The van der Waals surface area contributed by atoms with Crippen molar-refractivity contribution in [2.45, 2.75) is 63.1 Å². The van der Waals surface area contributed by atoms with Crippen molar-refractivity contribution in [3.8, 4) is 6.07 Å². The van der Waals surface area contributed by atoms with Crippen molar-refractivity contribution in [1.82, 2.24) is 15.1 Å². The van der Waals surface area contributed by atoms with Gasteiger partial charge in [0, 0.05) is 12.1 Å². The standard InChI is InChI=1S/C16H30N4/c1-4-18-16(13-17)9-5-6-15(12-16)20-10-7-14(8-11-20)19(2)3/h14-15,18H,4-12H2,1-3H3. The lowest BCUT2D eigenvalue weighted by Crippen LogP contribution is -2.54. The summed E-state index contributed by atoms with van der Waals surface area (Å²) in [6, 6.07) is 3.91. The molecule has 4 nitrogen and oxygen atoms in total. The molecule has 4 heteroatoms. The molecule has 1 N–H and O–H groups in total. The highest BCUT2D eigenvalue weighted by Crippen LogP contribution is 2.32. The zero-order chi connectivity index (χ0) is 14.6. The maximum absolute atomic E-state index is 9.57. The lowest BCUT2D eigenvalue weighted by Gasteiger charge is -2.45. The Morgan fingerprint density at radius 1 is 1.30 bits per heavy atom. The zero-order valence-corrected chi connectivity index (χ0v) is 13.4. The molecule has 2 rings (SSSR count). The molecule has 1 aliphatic heterocycles. The fraction of sp³-hybridized carbons (Fsp3) is 0.938. The second kappa shape index (κ2) is 6.89. The highest BCUT2D eigenvalue weighted by Gasteiger charge is 2.38. The van der Waals surface area contributed by atoms with Crippen molar-refractivity contribution >= 4 is 0 Å². The third-order valence-electron chi connectivity index (χ3n) is 5.20. The topological polar surface area (TPSA) is 42.3 Å². The van der Waals surface area contributed by atoms with Crippen LogP contribution in [-0.2, 0) is 0 Å². The summed E-state index contributed by atoms with van der Waals surface area (Å²) in [5, 5.41) is 13.0. The Balaban J connectivity index is 1.92. The van der Waals surface area contributed by atoms with E-state index in [1.165, 1.54) is 38.8 Å². The Kier molecular flexibility index (Phi) is 5.42. The number of hydrogen-bond donors (Lipinski definition) is 1. The smallest absolute Gasteiger partial charge is 0.108 e. The lowest BCUT2D eigenvalue weighted by atomic mass is 9.78. The highest BCUT2D eigenvalue weighted by atomic mass is 15.2. The summed E-state index contributed by atoms with van der Waals surface area (Å²) in [5.74, 6) is 0. The van der Waals surface area contributed by atoms with Gasteiger partial charge >= 0.3 is 0 Å². The van der Waals surface area contributed by atoms with E-state index in [4.69, 9.17) is 0 Å². The monoisotopic (exact) mass is 278 g/mol. The molecule has 0 spiro atoms. The van der Waals surface area contributed by atoms with E-state index in [-0.39, 0.29) is 5.54 Å². The normalized spacial score (nSPS) is 33.2. The molecule has 0 radical (unpaired) electrons. The van der Waals surface area contributed by atoms with Gasteiger partial charge in [-0.05, 0) is 72.3 Å². The molecule has 2 unspecified atom stereocenters. The van der Waals surface area contributed by atoms with Crippen LogP contribution >= 0.6 is 0 Å². The zero-order valence-electron chi connectivity index (χ0n) is 13.4. The first-order chi connectivity index (χ1) is 9.60. The minimum absolute atomic E-state index is 0.268. The van der Waals surface area contributed by atoms with Gasteiger partial charge in [-0.2, -0.15) is 5.26 Å². The molecule has 20 heavy (non-hydrogen) atoms. The van der Waals surface area contributed by atoms with Gasteiger partial charge in [0.25, 0.3) is 0 Å². The maximum Gasteiger partial charge on any atom is 0.108 e. The Labute approximate surface area is 124 Å². The molecule has 0 aromatic heterocycles. The van der Waals surface area contributed by atoms with E-state index < -0.39 is 0 Å². The van der Waals surface area contributed by atoms with E-state index in [9.17, 15) is 5.26 Å². The first-order valence-corrected chi connectivity index (χ1v) is 8.17. The summed E-state index contributed by atoms with van der Waals surface area (Å²) in [7, 11) is 4.37. The number of hydrogen-bond acceptors (Lipinski definition) is 4. The molecule has 2 aliphatic rings. The van der Waals surface area contributed by atoms with Gasteiger partial charge in [0.2, 0.25) is 0 Å². The molecule has 0 amide bonds. The molecule has 2 atom stereocenters. The number of rotatable bonds is 4. The lowest BCUT2D eigenvalue weighted by molar-refractivity contribution is 0.0720. The Hall–Kier alpha value is -0.630. The van der Waals surface area contributed by atoms with Crippen LogP contribution in [0.2, 0.25) is 0 Å². The first kappa shape index (κ1) is 15.8. The van der Waals surface area contributed by atoms with Gasteiger partial charge in [0.15, 0.2) is 0 Å². The van der Waals surface area contributed by atoms with Crippen LogP contribution in [0.15, 0.2) is 0 Å². The van der Waals surface area contributed by atoms with Crippen molar-refractivity contribution in [1.29, 1.82) is 5.26 Å². The van der Waals surface area contributed by atoms with Crippen molar-refractivity contribution in [2.24, 2.45) is 0 Å². The van der Waals surface area contributed by atoms with Crippen molar-refractivity contribution in [3.05, 3.63) is 0 Å². The fourth-order valence-electron chi connectivity index (χ4n) is 3.96. The molecule has 114 valence electrons. The Bertz CT molecular complexity index is 337. The van der Waals surface area contributed by atoms with E-state index >= 15 is 0 Å². The molecule has 2 fully saturated rings. The van der Waals surface area contributed by atoms with Crippen LogP contribution in [0, 0.1) is 11.3 Å². The van der Waals surface area contributed by atoms with Crippen molar-refractivity contribution in [2.75, 3.05) is 33.7 Å². The van der Waals surface area contributed by atoms with E-state index in [2.05, 4.69) is 42.2 Å². The minimum atomic E-state index is -0.268. The molecule has 1 saturated heterocycles. The summed E-state index contributed by atoms with van der Waals surface area (Å²) < 4.78 is 0. The van der Waals surface area contributed by atoms with Crippen LogP contribution in [0.4, 0.5) is 0 Å². The Morgan fingerprint density at radius 3 is 2.55 bits per heavy atom. The average molecular weight is 278 g/mol. The third-order valence-corrected chi connectivity index (χ3v) is 5.20. The van der Waals surface area contributed by atoms with Gasteiger partial charge < -0.3 is 9.80 Å². The third kappa shape index (κ3) is 3.52. The van der Waals surface area contributed by atoms with E-state index in [0.29, 0.717) is 6.04 Å². The van der Waals surface area contributed by atoms with Crippen molar-refractivity contribution < 1.29 is 0 Å². The van der Waals surface area contributed by atoms with Crippen LogP contribution in [0.1, 0.15) is 45.4 Å². The fourth-order valence-corrected chi connectivity index (χ4v) is 3.96. The summed E-state index contributed by atoms with van der Waals surface area (Å²) in [6.45, 7) is 5.39. The highest BCUT2D eigenvalue weighted by molar-refractivity contribution is 5.11. The minimum Gasteiger partial charge on any atom is -0.306 e. The molecule has 1 aliphatic carbocycles. The van der Waals surface area contributed by atoms with E-state index in [1.807, 2.05) is 0 Å². The van der Waals surface area contributed by atoms with Crippen molar-refractivity contribution in [3.63, 3.8) is 0 Å². The van der Waals surface area contributed by atoms with Gasteiger partial charge in [0.05, 0.1) is 6.07 Å². The quantitative estimate of drug-likeness (QED) is 0.852. The number of nitrogens with one attached hydrogen (secondary N) is 1. The summed E-state index contributed by atoms with van der Waals surface area (Å²) in [4.78, 5) is 5.00. The first-order valence-electron chi connectivity index (χ1n) is 8.17. The number of likely N-dealkylation sites (tertiary alicyclic amines) is 1. The van der Waals surface area contributed by atoms with Crippen LogP contribution in [0.5, 0.6) is 0 Å². The van der Waals surface area contributed by atoms with Gasteiger partial charge in [0.1, 0.15) is 5.54 Å². The van der Waals surface area contributed by atoms with E-state index in [0.717, 1.165) is 25.4 Å². The summed E-state index contributed by atoms with van der Waals surface area (Å²) >= 11 is 0. The second-order valence-electron chi connectivity index (χ2n) is 6.71. The van der Waals surface area contributed by atoms with Crippen LogP contribution in [0.25, 0.3) is 0 Å². The number of nitrogens with zero attached hydrogens (tertiary/aromatic N) is 3. The average Bonchev–Trinajstić information content (AvgIpc) is 2.48. The van der Waals surface area contributed by atoms with Crippen LogP contribution < -0.4 is 5.32 Å². The predicted octanol–water partition coefficient (Wildman–Crippen LogP) is 1.83. The van der Waals surface area contributed by atoms with Gasteiger partial charge in [-0.25, -0.2) is 0 Å². The number of nitriles is 1. The predicted molar refractivity (Wildman–Crippen MR) is 82.6 cm³/mol. The van der Waals surface area contributed by atoms with Gasteiger partial charge in [-0.15, -0.1) is 0 Å². The molecule has 1 heterocycles. The van der Waals surface area contributed by atoms with Crippen LogP contribution in [0.3, 0.4) is 0 Å².